The van der Waals surface area contributed by atoms with Crippen LogP contribution in [0.3, 0.4) is 0 Å². The first-order valence-corrected chi connectivity index (χ1v) is 5.18. The van der Waals surface area contributed by atoms with Gasteiger partial charge in [0.25, 0.3) is 0 Å². The summed E-state index contributed by atoms with van der Waals surface area (Å²) in [5, 5.41) is 13.2. The Morgan fingerprint density at radius 1 is 1.43 bits per heavy atom. The van der Waals surface area contributed by atoms with E-state index in [1.165, 1.54) is 0 Å². The molecule has 0 atom stereocenters. The van der Waals surface area contributed by atoms with Crippen molar-refractivity contribution in [3.63, 3.8) is 0 Å². The van der Waals surface area contributed by atoms with Crippen molar-refractivity contribution < 1.29 is 4.42 Å². The number of hydrogen-bond acceptors (Lipinski definition) is 5. The van der Waals surface area contributed by atoms with Gasteiger partial charge >= 0.3 is 0 Å². The monoisotopic (exact) mass is 209 g/mol. The molecule has 1 N–H and O–H groups in total. The number of hydrogen-bond donors (Lipinski definition) is 1. The number of aryl methyl sites for hydroxylation is 1. The zero-order valence-electron chi connectivity index (χ0n) is 7.86. The van der Waals surface area contributed by atoms with Gasteiger partial charge in [-0.1, -0.05) is 0 Å². The zero-order chi connectivity index (χ0) is 9.80. The Bertz CT molecular complexity index is 382. The fraction of sp³-hybridized carbons (Fsp3) is 0.333. The van der Waals surface area contributed by atoms with Crippen molar-refractivity contribution in [3.05, 3.63) is 34.2 Å². The molecule has 0 spiro atoms. The minimum absolute atomic E-state index is 0.728. The van der Waals surface area contributed by atoms with Crippen LogP contribution < -0.4 is 5.32 Å². The van der Waals surface area contributed by atoms with Crippen molar-refractivity contribution in [2.45, 2.75) is 20.0 Å². The van der Waals surface area contributed by atoms with Gasteiger partial charge in [0.05, 0.1) is 19.4 Å². The summed E-state index contributed by atoms with van der Waals surface area (Å²) in [6.45, 7) is 3.42. The second kappa shape index (κ2) is 4.34. The van der Waals surface area contributed by atoms with Crippen LogP contribution in [0.25, 0.3) is 0 Å². The lowest BCUT2D eigenvalue weighted by Gasteiger charge is -1.97. The second-order valence-corrected chi connectivity index (χ2v) is 4.16. The highest BCUT2D eigenvalue weighted by Gasteiger charge is 2.00. The summed E-state index contributed by atoms with van der Waals surface area (Å²) in [6, 6.07) is 3.82. The fourth-order valence-corrected chi connectivity index (χ4v) is 1.79. The summed E-state index contributed by atoms with van der Waals surface area (Å²) in [6.07, 6.45) is 1.67. The van der Waals surface area contributed by atoms with E-state index in [1.807, 2.05) is 19.1 Å². The van der Waals surface area contributed by atoms with Gasteiger partial charge in [0.15, 0.2) is 0 Å². The largest absolute Gasteiger partial charge is 0.468 e. The molecular formula is C9H11N3OS. The van der Waals surface area contributed by atoms with Gasteiger partial charge in [-0.05, 0) is 19.1 Å². The zero-order valence-corrected chi connectivity index (χ0v) is 8.67. The fourth-order valence-electron chi connectivity index (χ4n) is 1.11. The number of rotatable bonds is 4. The van der Waals surface area contributed by atoms with E-state index in [1.54, 1.807) is 17.6 Å². The topological polar surface area (TPSA) is 51.0 Å². The van der Waals surface area contributed by atoms with Gasteiger partial charge in [-0.2, -0.15) is 0 Å². The van der Waals surface area contributed by atoms with Crippen LogP contribution in [0, 0.1) is 6.92 Å². The van der Waals surface area contributed by atoms with E-state index < -0.39 is 0 Å². The van der Waals surface area contributed by atoms with E-state index in [4.69, 9.17) is 4.42 Å². The summed E-state index contributed by atoms with van der Waals surface area (Å²) >= 11 is 1.61. The Morgan fingerprint density at radius 3 is 3.00 bits per heavy atom. The van der Waals surface area contributed by atoms with Crippen LogP contribution in [0.4, 0.5) is 0 Å². The van der Waals surface area contributed by atoms with Gasteiger partial charge in [-0.25, -0.2) is 0 Å². The van der Waals surface area contributed by atoms with Crippen LogP contribution in [0.15, 0.2) is 22.8 Å². The third-order valence-electron chi connectivity index (χ3n) is 1.72. The van der Waals surface area contributed by atoms with Gasteiger partial charge in [-0.15, -0.1) is 21.5 Å². The molecule has 2 aromatic rings. The SMILES string of the molecule is Cc1nnc(CNCc2ccco2)s1. The van der Waals surface area contributed by atoms with Crippen LogP contribution >= 0.6 is 11.3 Å². The molecule has 0 aliphatic carbocycles. The standard InChI is InChI=1S/C9H11N3OS/c1-7-11-12-9(14-7)6-10-5-8-3-2-4-13-8/h2-4,10H,5-6H2,1H3. The van der Waals surface area contributed by atoms with E-state index in [2.05, 4.69) is 15.5 Å². The number of furan rings is 1. The Morgan fingerprint density at radius 2 is 2.36 bits per heavy atom. The molecule has 2 aromatic heterocycles. The summed E-state index contributed by atoms with van der Waals surface area (Å²) < 4.78 is 5.18. The van der Waals surface area contributed by atoms with E-state index in [0.29, 0.717) is 0 Å². The van der Waals surface area contributed by atoms with Gasteiger partial charge in [0, 0.05) is 0 Å². The first-order valence-electron chi connectivity index (χ1n) is 4.36. The molecule has 5 heteroatoms. The van der Waals surface area contributed by atoms with E-state index >= 15 is 0 Å². The smallest absolute Gasteiger partial charge is 0.131 e. The quantitative estimate of drug-likeness (QED) is 0.833. The lowest BCUT2D eigenvalue weighted by Crippen LogP contribution is -2.11. The molecule has 2 rings (SSSR count). The summed E-state index contributed by atoms with van der Waals surface area (Å²) in [7, 11) is 0. The Labute approximate surface area is 86.0 Å². The maximum absolute atomic E-state index is 5.18. The van der Waals surface area contributed by atoms with Gasteiger partial charge in [0.2, 0.25) is 0 Å². The third kappa shape index (κ3) is 2.40. The highest BCUT2D eigenvalue weighted by molar-refractivity contribution is 7.11. The minimum Gasteiger partial charge on any atom is -0.468 e. The van der Waals surface area contributed by atoms with Crippen LogP contribution in [-0.2, 0) is 13.1 Å². The summed E-state index contributed by atoms with van der Waals surface area (Å²) in [4.78, 5) is 0. The van der Waals surface area contributed by atoms with Crippen molar-refractivity contribution >= 4 is 11.3 Å². The van der Waals surface area contributed by atoms with E-state index in [9.17, 15) is 0 Å². The molecule has 0 amide bonds. The molecular weight excluding hydrogens is 198 g/mol. The number of aromatic nitrogens is 2. The Hall–Kier alpha value is -1.20. The van der Waals surface area contributed by atoms with Crippen molar-refractivity contribution in [2.75, 3.05) is 0 Å². The Balaban J connectivity index is 1.78. The molecule has 0 saturated carbocycles. The number of nitrogens with one attached hydrogen (secondary N) is 1. The average Bonchev–Trinajstić information content (AvgIpc) is 2.77. The molecule has 0 bridgehead atoms. The molecule has 2 heterocycles. The summed E-state index contributed by atoms with van der Waals surface area (Å²) in [5.74, 6) is 0.936. The molecule has 0 aromatic carbocycles. The molecule has 0 saturated heterocycles. The third-order valence-corrected chi connectivity index (χ3v) is 2.56. The Kier molecular flexibility index (Phi) is 2.90. The second-order valence-electron chi connectivity index (χ2n) is 2.90. The molecule has 0 unspecified atom stereocenters. The predicted octanol–water partition coefficient (Wildman–Crippen LogP) is 1.73. The maximum Gasteiger partial charge on any atom is 0.131 e. The molecule has 74 valence electrons. The van der Waals surface area contributed by atoms with Crippen molar-refractivity contribution in [1.82, 2.24) is 15.5 Å². The van der Waals surface area contributed by atoms with E-state index in [-0.39, 0.29) is 0 Å². The van der Waals surface area contributed by atoms with Crippen molar-refractivity contribution in [3.8, 4) is 0 Å². The van der Waals surface area contributed by atoms with Gasteiger partial charge in [-0.3, -0.25) is 0 Å². The average molecular weight is 209 g/mol. The number of nitrogens with zero attached hydrogens (tertiary/aromatic N) is 2. The molecule has 14 heavy (non-hydrogen) atoms. The lowest BCUT2D eigenvalue weighted by molar-refractivity contribution is 0.482. The molecule has 0 fully saturated rings. The minimum atomic E-state index is 0.728. The normalized spacial score (nSPS) is 10.6. The molecule has 0 radical (unpaired) electrons. The van der Waals surface area contributed by atoms with Crippen molar-refractivity contribution in [1.29, 1.82) is 0 Å². The molecule has 0 aliphatic heterocycles. The van der Waals surface area contributed by atoms with Gasteiger partial charge in [0.1, 0.15) is 15.8 Å². The lowest BCUT2D eigenvalue weighted by atomic mass is 10.4. The first kappa shape index (κ1) is 9.36. The van der Waals surface area contributed by atoms with Crippen LogP contribution in [-0.4, -0.2) is 10.2 Å². The highest BCUT2D eigenvalue weighted by Crippen LogP contribution is 2.07. The van der Waals surface area contributed by atoms with Gasteiger partial charge < -0.3 is 9.73 Å². The molecule has 4 nitrogen and oxygen atoms in total. The molecule has 0 aliphatic rings. The summed E-state index contributed by atoms with van der Waals surface area (Å²) in [5.41, 5.74) is 0. The van der Waals surface area contributed by atoms with E-state index in [0.717, 1.165) is 28.9 Å². The van der Waals surface area contributed by atoms with Crippen LogP contribution in [0.5, 0.6) is 0 Å². The first-order chi connectivity index (χ1) is 6.84. The highest BCUT2D eigenvalue weighted by atomic mass is 32.1. The van der Waals surface area contributed by atoms with Crippen LogP contribution in [0.2, 0.25) is 0 Å². The van der Waals surface area contributed by atoms with Crippen LogP contribution in [0.1, 0.15) is 15.8 Å². The predicted molar refractivity (Wildman–Crippen MR) is 53.9 cm³/mol. The van der Waals surface area contributed by atoms with Crippen molar-refractivity contribution in [2.24, 2.45) is 0 Å². The maximum atomic E-state index is 5.18.